The van der Waals surface area contributed by atoms with Crippen LogP contribution in [0.2, 0.25) is 0 Å². The van der Waals surface area contributed by atoms with Crippen LogP contribution >= 0.6 is 0 Å². The van der Waals surface area contributed by atoms with Gasteiger partial charge in [0.05, 0.1) is 30.6 Å². The molecule has 1 aliphatic heterocycles. The number of carbonyl (C=O) groups is 3. The number of nitrogens with zero attached hydrogens (tertiary/aromatic N) is 2. The molecule has 0 unspecified atom stereocenters. The summed E-state index contributed by atoms with van der Waals surface area (Å²) in [5.74, 6) is -3.70. The Bertz CT molecular complexity index is 1730. The largest absolute Gasteiger partial charge is 0.454 e. The highest BCUT2D eigenvalue weighted by atomic mass is 32.2. The van der Waals surface area contributed by atoms with Gasteiger partial charge in [-0.05, 0) is 55.5 Å². The number of hydrogen-bond donors (Lipinski definition) is 5. The van der Waals surface area contributed by atoms with E-state index < -0.39 is 56.8 Å². The lowest BCUT2D eigenvalue weighted by atomic mass is 9.97. The number of hydrogen-bond acceptors (Lipinski definition) is 8. The van der Waals surface area contributed by atoms with Crippen LogP contribution in [0, 0.1) is 22.9 Å². The van der Waals surface area contributed by atoms with Crippen molar-refractivity contribution in [1.29, 1.82) is 0 Å². The van der Waals surface area contributed by atoms with Crippen molar-refractivity contribution in [2.45, 2.75) is 38.7 Å². The number of aliphatic hydroxyl groups excluding tert-OH is 1. The first-order valence-electron chi connectivity index (χ1n) is 14.3. The Morgan fingerprint density at radius 3 is 2.15 bits per heavy atom. The normalized spacial score (nSPS) is 15.0. The van der Waals surface area contributed by atoms with Crippen LogP contribution in [-0.2, 0) is 19.7 Å². The third-order valence-corrected chi connectivity index (χ3v) is 7.89. The van der Waals surface area contributed by atoms with E-state index in [0.29, 0.717) is 18.5 Å². The third-order valence-electron chi connectivity index (χ3n) is 7.16. The Hall–Kier alpha value is -4.74. The number of halogens is 3. The number of anilines is 3. The Labute approximate surface area is 267 Å². The minimum Gasteiger partial charge on any atom is -0.454 e. The first-order valence-corrected chi connectivity index (χ1v) is 15.9. The quantitative estimate of drug-likeness (QED) is 0.192. The molecule has 2 fully saturated rings. The predicted octanol–water partition coefficient (Wildman–Crippen LogP) is 4.53. The van der Waals surface area contributed by atoms with Gasteiger partial charge >= 0.3 is 6.03 Å². The number of benzene rings is 2. The third kappa shape index (κ3) is 10.7. The van der Waals surface area contributed by atoms with Crippen LogP contribution in [0.5, 0.6) is 11.5 Å². The summed E-state index contributed by atoms with van der Waals surface area (Å²) in [7, 11) is -3.66. The van der Waals surface area contributed by atoms with E-state index in [1.807, 2.05) is 0 Å². The number of likely N-dealkylation sites (tertiary alicyclic amines) is 1. The zero-order valence-corrected chi connectivity index (χ0v) is 25.8. The summed E-state index contributed by atoms with van der Waals surface area (Å²) in [5.41, 5.74) is -0.543. The Morgan fingerprint density at radius 1 is 0.957 bits per heavy atom. The molecule has 252 valence electrons. The topological polar surface area (TPSA) is 187 Å². The SMILES string of the molecule is CCS(=O)(=O)O.O=C(CC1(CC(=O)Nc2cc(F)c(Oc3ccnc(NC(=O)N4CC(O)C4)c3)cc2F)CC1)Nc1ccc(F)cc1. The van der Waals surface area contributed by atoms with Gasteiger partial charge in [0, 0.05) is 42.9 Å². The molecule has 2 heterocycles. The number of ether oxygens (including phenoxy) is 1. The number of β-amino-alcohol motifs (C(OH)–C–C–N with tert-alkyl or cyclic N) is 1. The summed E-state index contributed by atoms with van der Waals surface area (Å²) in [6.45, 7) is 1.77. The van der Waals surface area contributed by atoms with E-state index in [4.69, 9.17) is 9.29 Å². The summed E-state index contributed by atoms with van der Waals surface area (Å²) in [4.78, 5) is 42.5. The standard InChI is InChI=1S/C28H26F3N5O5.C2H6O3S/c29-16-1-3-17(4-2-16)33-25(38)12-28(6-7-28)13-26(39)34-22-10-21(31)23(11-20(22)30)41-19-5-8-32-24(9-19)35-27(40)36-14-18(37)15-36;1-2-6(3,4)5/h1-5,8-11,18,37H,6-7,12-15H2,(H,33,38)(H,34,39)(H,32,35,40);2H2,1H3,(H,3,4,5). The average molecular weight is 680 g/mol. The maximum Gasteiger partial charge on any atom is 0.323 e. The second kappa shape index (κ2) is 14.8. The van der Waals surface area contributed by atoms with E-state index >= 15 is 0 Å². The molecule has 1 saturated carbocycles. The zero-order valence-electron chi connectivity index (χ0n) is 25.0. The number of amides is 4. The van der Waals surface area contributed by atoms with Crippen molar-refractivity contribution in [1.82, 2.24) is 9.88 Å². The van der Waals surface area contributed by atoms with E-state index in [1.54, 1.807) is 0 Å². The van der Waals surface area contributed by atoms with Crippen molar-refractivity contribution in [2.75, 3.05) is 34.8 Å². The van der Waals surface area contributed by atoms with Crippen molar-refractivity contribution < 1.29 is 50.4 Å². The fourth-order valence-electron chi connectivity index (χ4n) is 4.39. The maximum absolute atomic E-state index is 14.8. The molecule has 2 aromatic carbocycles. The van der Waals surface area contributed by atoms with E-state index in [-0.39, 0.29) is 54.8 Å². The van der Waals surface area contributed by atoms with Crippen LogP contribution in [-0.4, -0.2) is 70.8 Å². The van der Waals surface area contributed by atoms with Crippen molar-refractivity contribution in [3.63, 3.8) is 0 Å². The predicted molar refractivity (Wildman–Crippen MR) is 164 cm³/mol. The molecule has 5 N–H and O–H groups in total. The highest BCUT2D eigenvalue weighted by Gasteiger charge is 2.46. The molecular weight excluding hydrogens is 647 g/mol. The highest BCUT2D eigenvalue weighted by Crippen LogP contribution is 2.52. The van der Waals surface area contributed by atoms with Gasteiger partial charge in [-0.1, -0.05) is 0 Å². The average Bonchev–Trinajstić information content (AvgIpc) is 3.73. The first kappa shape index (κ1) is 35.1. The molecule has 13 nitrogen and oxygen atoms in total. The summed E-state index contributed by atoms with van der Waals surface area (Å²) in [5, 5.41) is 16.9. The number of urea groups is 1. The molecule has 4 amide bonds. The number of pyridine rings is 1. The van der Waals surface area contributed by atoms with Gasteiger partial charge < -0.3 is 25.4 Å². The number of rotatable bonds is 10. The van der Waals surface area contributed by atoms with Crippen LogP contribution in [0.3, 0.4) is 0 Å². The Balaban J connectivity index is 0.000000762. The minimum atomic E-state index is -3.66. The van der Waals surface area contributed by atoms with Gasteiger partial charge in [-0.3, -0.25) is 19.5 Å². The van der Waals surface area contributed by atoms with Crippen LogP contribution in [0.25, 0.3) is 0 Å². The van der Waals surface area contributed by atoms with E-state index in [9.17, 15) is 41.1 Å². The van der Waals surface area contributed by atoms with Gasteiger partial charge in [0.1, 0.15) is 17.4 Å². The van der Waals surface area contributed by atoms with Crippen molar-refractivity contribution in [2.24, 2.45) is 5.41 Å². The monoisotopic (exact) mass is 679 g/mol. The summed E-state index contributed by atoms with van der Waals surface area (Å²) in [6, 6.07) is 9.11. The molecule has 1 saturated heterocycles. The van der Waals surface area contributed by atoms with Gasteiger partial charge in [-0.2, -0.15) is 8.42 Å². The second-order valence-corrected chi connectivity index (χ2v) is 12.8. The van der Waals surface area contributed by atoms with Crippen LogP contribution < -0.4 is 20.7 Å². The first-order chi connectivity index (χ1) is 22.1. The zero-order chi connectivity index (χ0) is 34.4. The second-order valence-electron chi connectivity index (χ2n) is 11.1. The van der Waals surface area contributed by atoms with E-state index in [0.717, 1.165) is 12.1 Å². The molecule has 0 bridgehead atoms. The lowest BCUT2D eigenvalue weighted by Gasteiger charge is -2.35. The van der Waals surface area contributed by atoms with Gasteiger partial charge in [-0.25, -0.2) is 22.9 Å². The van der Waals surface area contributed by atoms with Crippen molar-refractivity contribution in [3.8, 4) is 11.5 Å². The van der Waals surface area contributed by atoms with Gasteiger partial charge in [0.15, 0.2) is 17.4 Å². The molecular formula is C30H32F3N5O8S. The fraction of sp³-hybridized carbons (Fsp3) is 0.333. The van der Waals surface area contributed by atoms with Crippen LogP contribution in [0.4, 0.5) is 35.2 Å². The molecule has 47 heavy (non-hydrogen) atoms. The van der Waals surface area contributed by atoms with E-state index in [2.05, 4.69) is 20.9 Å². The van der Waals surface area contributed by atoms with Crippen molar-refractivity contribution >= 4 is 45.2 Å². The summed E-state index contributed by atoms with van der Waals surface area (Å²) >= 11 is 0. The highest BCUT2D eigenvalue weighted by molar-refractivity contribution is 7.85. The molecule has 17 heteroatoms. The molecule has 2 aliphatic rings. The summed E-state index contributed by atoms with van der Waals surface area (Å²) < 4.78 is 75.0. The molecule has 5 rings (SSSR count). The van der Waals surface area contributed by atoms with Crippen molar-refractivity contribution in [3.05, 3.63) is 72.2 Å². The number of aromatic nitrogens is 1. The molecule has 1 aliphatic carbocycles. The Kier molecular flexibility index (Phi) is 11.0. The summed E-state index contributed by atoms with van der Waals surface area (Å²) in [6.07, 6.45) is 1.97. The van der Waals surface area contributed by atoms with Crippen LogP contribution in [0.1, 0.15) is 32.6 Å². The fourth-order valence-corrected chi connectivity index (χ4v) is 4.39. The lowest BCUT2D eigenvalue weighted by molar-refractivity contribution is -0.119. The smallest absolute Gasteiger partial charge is 0.323 e. The molecule has 3 aromatic rings. The molecule has 0 spiro atoms. The van der Waals surface area contributed by atoms with Gasteiger partial charge in [0.25, 0.3) is 10.1 Å². The maximum atomic E-state index is 14.8. The lowest BCUT2D eigenvalue weighted by Crippen LogP contribution is -2.54. The number of nitrogens with one attached hydrogen (secondary N) is 3. The molecule has 0 radical (unpaired) electrons. The number of aliphatic hydroxyl groups is 1. The number of carbonyl (C=O) groups excluding carboxylic acids is 3. The molecule has 1 aromatic heterocycles. The Morgan fingerprint density at radius 2 is 1.57 bits per heavy atom. The molecule has 0 atom stereocenters. The van der Waals surface area contributed by atoms with Gasteiger partial charge in [-0.15, -0.1) is 0 Å². The van der Waals surface area contributed by atoms with Crippen LogP contribution in [0.15, 0.2) is 54.7 Å². The minimum absolute atomic E-state index is 0.0514. The van der Waals surface area contributed by atoms with Gasteiger partial charge in [0.2, 0.25) is 11.8 Å². The van der Waals surface area contributed by atoms with E-state index in [1.165, 1.54) is 54.4 Å².